The van der Waals surface area contributed by atoms with E-state index in [0.717, 1.165) is 15.0 Å². The highest BCUT2D eigenvalue weighted by Crippen LogP contribution is 2.30. The molecule has 26 heavy (non-hydrogen) atoms. The molecule has 1 aromatic heterocycles. The van der Waals surface area contributed by atoms with E-state index in [1.807, 2.05) is 42.5 Å². The van der Waals surface area contributed by atoms with E-state index >= 15 is 0 Å². The van der Waals surface area contributed by atoms with Crippen LogP contribution in [0.25, 0.3) is 22.2 Å². The van der Waals surface area contributed by atoms with Crippen LogP contribution in [0.3, 0.4) is 0 Å². The highest BCUT2D eigenvalue weighted by Gasteiger charge is 2.23. The normalized spacial score (nSPS) is 11.6. The predicted octanol–water partition coefficient (Wildman–Crippen LogP) is 3.95. The maximum absolute atomic E-state index is 13.2. The summed E-state index contributed by atoms with van der Waals surface area (Å²) in [4.78, 5) is 0.158. The van der Waals surface area contributed by atoms with Gasteiger partial charge in [-0.15, -0.1) is 0 Å². The lowest BCUT2D eigenvalue weighted by Gasteiger charge is -2.06. The Morgan fingerprint density at radius 2 is 1.50 bits per heavy atom. The number of fused-ring (bicyclic) bond motifs is 1. The van der Waals surface area contributed by atoms with Crippen molar-refractivity contribution < 1.29 is 13.2 Å². The molecule has 0 aliphatic rings. The molecular formula is C20H16N2O3S. The first kappa shape index (κ1) is 16.4. The number of benzene rings is 3. The third-order valence-electron chi connectivity index (χ3n) is 4.19. The number of aromatic nitrogens is 2. The third-order valence-corrected chi connectivity index (χ3v) is 5.79. The van der Waals surface area contributed by atoms with Crippen LogP contribution in [-0.2, 0) is 10.0 Å². The predicted molar refractivity (Wildman–Crippen MR) is 101 cm³/mol. The van der Waals surface area contributed by atoms with Crippen LogP contribution in [0.1, 0.15) is 0 Å². The third kappa shape index (κ3) is 2.64. The number of para-hydroxylation sites is 1. The maximum Gasteiger partial charge on any atom is 0.283 e. The summed E-state index contributed by atoms with van der Waals surface area (Å²) in [5.74, 6) is 0.597. The standard InChI is InChI=1S/C20H16N2O3S/c1-25-16-11-13-17(14-12-16)26(23,24)22-19-10-6-5-9-18(19)20(21-22)15-7-3-2-4-8-15/h2-14H,1H3. The monoisotopic (exact) mass is 364 g/mol. The summed E-state index contributed by atoms with van der Waals surface area (Å²) in [6.45, 7) is 0. The molecule has 0 atom stereocenters. The molecule has 0 saturated heterocycles. The first-order valence-electron chi connectivity index (χ1n) is 8.04. The Labute approximate surface area is 151 Å². The maximum atomic E-state index is 13.2. The van der Waals surface area contributed by atoms with Crippen LogP contribution < -0.4 is 4.74 Å². The quantitative estimate of drug-likeness (QED) is 0.550. The topological polar surface area (TPSA) is 61.2 Å². The molecule has 0 saturated carbocycles. The molecular weight excluding hydrogens is 348 g/mol. The molecule has 4 aromatic rings. The van der Waals surface area contributed by atoms with Gasteiger partial charge in [-0.05, 0) is 30.3 Å². The lowest BCUT2D eigenvalue weighted by atomic mass is 10.1. The van der Waals surface area contributed by atoms with Crippen molar-refractivity contribution in [3.63, 3.8) is 0 Å². The minimum atomic E-state index is -3.83. The van der Waals surface area contributed by atoms with Gasteiger partial charge in [0.2, 0.25) is 0 Å². The molecule has 130 valence electrons. The van der Waals surface area contributed by atoms with Crippen molar-refractivity contribution in [2.45, 2.75) is 4.90 Å². The fourth-order valence-corrected chi connectivity index (χ4v) is 4.17. The van der Waals surface area contributed by atoms with Gasteiger partial charge in [-0.25, -0.2) is 0 Å². The zero-order chi connectivity index (χ0) is 18.1. The van der Waals surface area contributed by atoms with Gasteiger partial charge in [-0.2, -0.15) is 17.6 Å². The Kier molecular flexibility index (Phi) is 3.97. The van der Waals surface area contributed by atoms with Gasteiger partial charge >= 0.3 is 0 Å². The second kappa shape index (κ2) is 6.31. The number of nitrogens with zero attached hydrogens (tertiary/aromatic N) is 2. The van der Waals surface area contributed by atoms with Crippen LogP contribution in [0, 0.1) is 0 Å². The molecule has 3 aromatic carbocycles. The first-order valence-corrected chi connectivity index (χ1v) is 9.48. The number of rotatable bonds is 4. The van der Waals surface area contributed by atoms with Crippen molar-refractivity contribution >= 4 is 20.9 Å². The van der Waals surface area contributed by atoms with Gasteiger partial charge in [-0.3, -0.25) is 0 Å². The van der Waals surface area contributed by atoms with Crippen molar-refractivity contribution in [2.24, 2.45) is 0 Å². The number of hydrogen-bond donors (Lipinski definition) is 0. The van der Waals surface area contributed by atoms with Crippen molar-refractivity contribution in [1.82, 2.24) is 9.19 Å². The van der Waals surface area contributed by atoms with Crippen LogP contribution in [0.4, 0.5) is 0 Å². The highest BCUT2D eigenvalue weighted by atomic mass is 32.2. The van der Waals surface area contributed by atoms with Gasteiger partial charge < -0.3 is 4.74 Å². The summed E-state index contributed by atoms with van der Waals surface area (Å²) in [5.41, 5.74) is 2.05. The van der Waals surface area contributed by atoms with E-state index in [1.165, 1.54) is 19.2 Å². The fraction of sp³-hybridized carbons (Fsp3) is 0.0500. The summed E-state index contributed by atoms with van der Waals surface area (Å²) >= 11 is 0. The molecule has 0 amide bonds. The minimum absolute atomic E-state index is 0.158. The molecule has 0 bridgehead atoms. The van der Waals surface area contributed by atoms with E-state index in [0.29, 0.717) is 17.0 Å². The molecule has 5 nitrogen and oxygen atoms in total. The van der Waals surface area contributed by atoms with Crippen LogP contribution in [-0.4, -0.2) is 24.7 Å². The van der Waals surface area contributed by atoms with E-state index < -0.39 is 10.0 Å². The second-order valence-corrected chi connectivity index (χ2v) is 7.52. The average Bonchev–Trinajstić information content (AvgIpc) is 3.09. The van der Waals surface area contributed by atoms with Gasteiger partial charge in [0.1, 0.15) is 11.4 Å². The van der Waals surface area contributed by atoms with Crippen molar-refractivity contribution in [1.29, 1.82) is 0 Å². The van der Waals surface area contributed by atoms with Crippen LogP contribution in [0.2, 0.25) is 0 Å². The van der Waals surface area contributed by atoms with E-state index in [2.05, 4.69) is 5.10 Å². The molecule has 0 aliphatic heterocycles. The number of methoxy groups -OCH3 is 1. The van der Waals surface area contributed by atoms with Gasteiger partial charge in [0.15, 0.2) is 0 Å². The van der Waals surface area contributed by atoms with E-state index in [9.17, 15) is 8.42 Å². The Balaban J connectivity index is 1.94. The molecule has 0 radical (unpaired) electrons. The lowest BCUT2D eigenvalue weighted by Crippen LogP contribution is -2.14. The lowest BCUT2D eigenvalue weighted by molar-refractivity contribution is 0.414. The zero-order valence-corrected chi connectivity index (χ0v) is 14.8. The minimum Gasteiger partial charge on any atom is -0.497 e. The van der Waals surface area contributed by atoms with Crippen LogP contribution in [0.15, 0.2) is 83.8 Å². The van der Waals surface area contributed by atoms with Gasteiger partial charge in [0.05, 0.1) is 17.5 Å². The SMILES string of the molecule is COc1ccc(S(=O)(=O)n2nc(-c3ccccc3)c3ccccc32)cc1. The molecule has 0 fully saturated rings. The largest absolute Gasteiger partial charge is 0.497 e. The van der Waals surface area contributed by atoms with E-state index in [-0.39, 0.29) is 4.90 Å². The van der Waals surface area contributed by atoms with Gasteiger partial charge in [-0.1, -0.05) is 48.5 Å². The van der Waals surface area contributed by atoms with Gasteiger partial charge in [0, 0.05) is 10.9 Å². The smallest absolute Gasteiger partial charge is 0.283 e. The Morgan fingerprint density at radius 3 is 2.19 bits per heavy atom. The summed E-state index contributed by atoms with van der Waals surface area (Å²) in [5, 5.41) is 5.24. The molecule has 0 unspecified atom stereocenters. The summed E-state index contributed by atoms with van der Waals surface area (Å²) in [6, 6.07) is 23.2. The molecule has 4 rings (SSSR count). The highest BCUT2D eigenvalue weighted by molar-refractivity contribution is 7.90. The van der Waals surface area contributed by atoms with Gasteiger partial charge in [0.25, 0.3) is 10.0 Å². The summed E-state index contributed by atoms with van der Waals surface area (Å²) in [7, 11) is -2.29. The van der Waals surface area contributed by atoms with E-state index in [4.69, 9.17) is 4.74 Å². The number of hydrogen-bond acceptors (Lipinski definition) is 4. The van der Waals surface area contributed by atoms with Crippen molar-refractivity contribution in [3.8, 4) is 17.0 Å². The van der Waals surface area contributed by atoms with Crippen molar-refractivity contribution in [3.05, 3.63) is 78.9 Å². The molecule has 6 heteroatoms. The van der Waals surface area contributed by atoms with Crippen molar-refractivity contribution in [2.75, 3.05) is 7.11 Å². The molecule has 0 aliphatic carbocycles. The summed E-state index contributed by atoms with van der Waals surface area (Å²) < 4.78 is 32.5. The molecule has 0 N–H and O–H groups in total. The summed E-state index contributed by atoms with van der Waals surface area (Å²) in [6.07, 6.45) is 0. The molecule has 0 spiro atoms. The fourth-order valence-electron chi connectivity index (χ4n) is 2.88. The van der Waals surface area contributed by atoms with Crippen LogP contribution in [0.5, 0.6) is 5.75 Å². The Morgan fingerprint density at radius 1 is 0.846 bits per heavy atom. The Hall–Kier alpha value is -3.12. The zero-order valence-electron chi connectivity index (χ0n) is 14.0. The van der Waals surface area contributed by atoms with E-state index in [1.54, 1.807) is 24.3 Å². The molecule has 1 heterocycles. The second-order valence-electron chi connectivity index (χ2n) is 5.76. The first-order chi connectivity index (χ1) is 12.6. The number of ether oxygens (including phenoxy) is 1. The van der Waals surface area contributed by atoms with Crippen LogP contribution >= 0.6 is 0 Å². The Bertz CT molecular complexity index is 1160. The average molecular weight is 364 g/mol.